The Kier molecular flexibility index (Phi) is 5.58. The molecule has 5 nitrogen and oxygen atoms in total. The number of aromatic nitrogens is 1. The zero-order valence-electron chi connectivity index (χ0n) is 16.5. The molecule has 152 valence electrons. The third-order valence-corrected chi connectivity index (χ3v) is 5.02. The van der Waals surface area contributed by atoms with E-state index < -0.39 is 17.9 Å². The molecule has 0 aliphatic rings. The molecule has 0 amide bonds. The van der Waals surface area contributed by atoms with Crippen LogP contribution in [0.3, 0.4) is 0 Å². The summed E-state index contributed by atoms with van der Waals surface area (Å²) in [6.45, 7) is 0. The Bertz CT molecular complexity index is 1290. The second kappa shape index (κ2) is 8.63. The third-order valence-electron chi connectivity index (χ3n) is 5.02. The van der Waals surface area contributed by atoms with Gasteiger partial charge in [-0.2, -0.15) is 0 Å². The van der Waals surface area contributed by atoms with Gasteiger partial charge in [0.1, 0.15) is 0 Å². The SMILES string of the molecule is O=C(O)C(C(=O)O)c1ccc2ccccc2n1.c1ccc2cc3ccccc3cc2c1. The quantitative estimate of drug-likeness (QED) is 0.304. The smallest absolute Gasteiger partial charge is 0.324 e. The first-order chi connectivity index (χ1) is 15.0. The lowest BCUT2D eigenvalue weighted by Crippen LogP contribution is -2.22. The van der Waals surface area contributed by atoms with Gasteiger partial charge in [-0.3, -0.25) is 14.6 Å². The molecule has 0 saturated heterocycles. The van der Waals surface area contributed by atoms with Gasteiger partial charge in [-0.1, -0.05) is 72.8 Å². The van der Waals surface area contributed by atoms with E-state index in [1.54, 1.807) is 18.2 Å². The van der Waals surface area contributed by atoms with Gasteiger partial charge in [-0.25, -0.2) is 0 Å². The van der Waals surface area contributed by atoms with Crippen LogP contribution >= 0.6 is 0 Å². The van der Waals surface area contributed by atoms with Crippen molar-refractivity contribution in [3.8, 4) is 0 Å². The molecule has 0 aliphatic heterocycles. The van der Waals surface area contributed by atoms with Crippen molar-refractivity contribution in [1.82, 2.24) is 4.98 Å². The third kappa shape index (κ3) is 4.36. The molecular formula is C26H19NO4. The summed E-state index contributed by atoms with van der Waals surface area (Å²) >= 11 is 0. The van der Waals surface area contributed by atoms with Gasteiger partial charge in [0.05, 0.1) is 11.2 Å². The highest BCUT2D eigenvalue weighted by Gasteiger charge is 2.29. The van der Waals surface area contributed by atoms with E-state index in [4.69, 9.17) is 10.2 Å². The van der Waals surface area contributed by atoms with E-state index in [-0.39, 0.29) is 5.69 Å². The number of nitrogens with zero attached hydrogens (tertiary/aromatic N) is 1. The lowest BCUT2D eigenvalue weighted by molar-refractivity contribution is -0.150. The number of pyridine rings is 1. The van der Waals surface area contributed by atoms with Gasteiger partial charge in [0.15, 0.2) is 5.92 Å². The minimum atomic E-state index is -1.63. The van der Waals surface area contributed by atoms with Crippen LogP contribution in [-0.2, 0) is 9.59 Å². The van der Waals surface area contributed by atoms with Crippen molar-refractivity contribution in [1.29, 1.82) is 0 Å². The minimum absolute atomic E-state index is 0.0312. The molecule has 4 aromatic carbocycles. The van der Waals surface area contributed by atoms with Gasteiger partial charge in [-0.05, 0) is 45.8 Å². The molecule has 0 fully saturated rings. The first kappa shape index (κ1) is 20.0. The molecule has 0 aliphatic carbocycles. The van der Waals surface area contributed by atoms with Gasteiger partial charge in [0, 0.05) is 5.39 Å². The summed E-state index contributed by atoms with van der Waals surface area (Å²) in [5.41, 5.74) is 0.612. The predicted octanol–water partition coefficient (Wildman–Crippen LogP) is 5.48. The Morgan fingerprint density at radius 2 is 1.00 bits per heavy atom. The number of carbonyl (C=O) groups is 2. The molecule has 5 heteroatoms. The molecule has 5 rings (SSSR count). The average Bonchev–Trinajstić information content (AvgIpc) is 2.77. The van der Waals surface area contributed by atoms with Crippen LogP contribution in [-0.4, -0.2) is 27.1 Å². The van der Waals surface area contributed by atoms with Crippen molar-refractivity contribution in [3.63, 3.8) is 0 Å². The second-order valence-electron chi connectivity index (χ2n) is 7.08. The normalized spacial score (nSPS) is 10.7. The number of benzene rings is 4. The maximum absolute atomic E-state index is 10.9. The number of hydrogen-bond donors (Lipinski definition) is 2. The van der Waals surface area contributed by atoms with Crippen molar-refractivity contribution < 1.29 is 19.8 Å². The zero-order chi connectivity index (χ0) is 21.8. The summed E-state index contributed by atoms with van der Waals surface area (Å²) in [5.74, 6) is -4.46. The van der Waals surface area contributed by atoms with E-state index in [0.717, 1.165) is 5.39 Å². The number of rotatable bonds is 3. The molecule has 0 radical (unpaired) electrons. The van der Waals surface area contributed by atoms with Gasteiger partial charge in [0.2, 0.25) is 0 Å². The van der Waals surface area contributed by atoms with Crippen LogP contribution in [0.5, 0.6) is 0 Å². The molecule has 31 heavy (non-hydrogen) atoms. The fraction of sp³-hybridized carbons (Fsp3) is 0.0385. The van der Waals surface area contributed by atoms with Crippen molar-refractivity contribution in [2.75, 3.05) is 0 Å². The summed E-state index contributed by atoms with van der Waals surface area (Å²) in [6.07, 6.45) is 0. The number of fused-ring (bicyclic) bond motifs is 3. The molecule has 1 heterocycles. The Labute approximate surface area is 178 Å². The highest BCUT2D eigenvalue weighted by atomic mass is 16.4. The van der Waals surface area contributed by atoms with Crippen LogP contribution in [0.1, 0.15) is 11.6 Å². The van der Waals surface area contributed by atoms with Crippen molar-refractivity contribution in [2.24, 2.45) is 0 Å². The standard InChI is InChI=1S/C14H10.C12H9NO4/c1-2-6-12-10-14-8-4-3-7-13(14)9-11(12)5-1;14-11(15)10(12(16)17)9-6-5-7-3-1-2-4-8(7)13-9/h1-10H;1-6,10H,(H,14,15)(H,16,17). The van der Waals surface area contributed by atoms with Crippen LogP contribution in [0.25, 0.3) is 32.4 Å². The predicted molar refractivity (Wildman–Crippen MR) is 121 cm³/mol. The number of para-hydroxylation sites is 1. The van der Waals surface area contributed by atoms with Crippen molar-refractivity contribution in [2.45, 2.75) is 5.92 Å². The van der Waals surface area contributed by atoms with Gasteiger partial charge < -0.3 is 10.2 Å². The van der Waals surface area contributed by atoms with Gasteiger partial charge in [0.25, 0.3) is 0 Å². The summed E-state index contributed by atoms with van der Waals surface area (Å²) in [4.78, 5) is 25.8. The van der Waals surface area contributed by atoms with E-state index >= 15 is 0 Å². The monoisotopic (exact) mass is 409 g/mol. The van der Waals surface area contributed by atoms with E-state index in [1.165, 1.54) is 27.6 Å². The molecule has 0 unspecified atom stereocenters. The topological polar surface area (TPSA) is 87.5 Å². The van der Waals surface area contributed by atoms with Crippen LogP contribution in [0.4, 0.5) is 0 Å². The maximum Gasteiger partial charge on any atom is 0.324 e. The summed E-state index contributed by atoms with van der Waals surface area (Å²) in [5, 5.41) is 23.8. The van der Waals surface area contributed by atoms with E-state index in [9.17, 15) is 9.59 Å². The zero-order valence-corrected chi connectivity index (χ0v) is 16.5. The number of carboxylic acid groups (broad SMARTS) is 2. The number of hydrogen-bond acceptors (Lipinski definition) is 3. The summed E-state index contributed by atoms with van der Waals surface area (Å²) < 4.78 is 0. The van der Waals surface area contributed by atoms with Crippen LogP contribution in [0, 0.1) is 0 Å². The molecule has 5 aromatic rings. The minimum Gasteiger partial charge on any atom is -0.480 e. The molecule has 1 aromatic heterocycles. The Morgan fingerprint density at radius 1 is 0.581 bits per heavy atom. The molecule has 0 bridgehead atoms. The fourth-order valence-electron chi connectivity index (χ4n) is 3.48. The van der Waals surface area contributed by atoms with Crippen LogP contribution in [0.2, 0.25) is 0 Å². The molecule has 2 N–H and O–H groups in total. The van der Waals surface area contributed by atoms with Gasteiger partial charge >= 0.3 is 11.9 Å². The highest BCUT2D eigenvalue weighted by molar-refractivity contribution is 5.99. The van der Waals surface area contributed by atoms with E-state index in [0.29, 0.717) is 5.52 Å². The summed E-state index contributed by atoms with van der Waals surface area (Å²) in [7, 11) is 0. The Hall–Kier alpha value is -4.25. The lowest BCUT2D eigenvalue weighted by Gasteiger charge is -2.07. The van der Waals surface area contributed by atoms with Crippen LogP contribution < -0.4 is 0 Å². The summed E-state index contributed by atoms with van der Waals surface area (Å²) in [6, 6.07) is 31.6. The highest BCUT2D eigenvalue weighted by Crippen LogP contribution is 2.22. The van der Waals surface area contributed by atoms with E-state index in [2.05, 4.69) is 65.6 Å². The molecule has 0 atom stereocenters. The maximum atomic E-state index is 10.9. The van der Waals surface area contributed by atoms with Crippen molar-refractivity contribution >= 4 is 44.4 Å². The largest absolute Gasteiger partial charge is 0.480 e. The van der Waals surface area contributed by atoms with Crippen molar-refractivity contribution in [3.05, 3.63) is 103 Å². The Balaban J connectivity index is 0.000000151. The molecule has 0 saturated carbocycles. The molecule has 0 spiro atoms. The average molecular weight is 409 g/mol. The second-order valence-corrected chi connectivity index (χ2v) is 7.08. The lowest BCUT2D eigenvalue weighted by atomic mass is 10.0. The number of aliphatic carboxylic acids is 2. The van der Waals surface area contributed by atoms with Gasteiger partial charge in [-0.15, -0.1) is 0 Å². The number of carboxylic acids is 2. The first-order valence-electron chi connectivity index (χ1n) is 9.72. The first-order valence-corrected chi connectivity index (χ1v) is 9.72. The molecular weight excluding hydrogens is 390 g/mol. The van der Waals surface area contributed by atoms with Crippen LogP contribution in [0.15, 0.2) is 97.1 Å². The Morgan fingerprint density at radius 3 is 1.45 bits per heavy atom. The van der Waals surface area contributed by atoms with E-state index in [1.807, 2.05) is 12.1 Å². The fourth-order valence-corrected chi connectivity index (χ4v) is 3.48.